The molecule has 0 spiro atoms. The number of oxime groups is 1. The average Bonchev–Trinajstić information content (AvgIpc) is 3.01. The third-order valence-electron chi connectivity index (χ3n) is 6.94. The molecular formula is C27H37NO6Si. The van der Waals surface area contributed by atoms with Crippen LogP contribution in [0.3, 0.4) is 0 Å². The largest absolute Gasteiger partial charge is 0.541 e. The minimum atomic E-state index is -2.13. The van der Waals surface area contributed by atoms with Crippen molar-refractivity contribution in [3.63, 3.8) is 0 Å². The first-order valence-electron chi connectivity index (χ1n) is 11.6. The maximum Gasteiger partial charge on any atom is 0.250 e. The SMILES string of the molecule is COc1ccc(C2=C/C(=N/O)CCc3c2cc(OC)c(OC)c3OC)cc1O[Si](C)(C)C(C)(C)C. The molecule has 0 saturated heterocycles. The van der Waals surface area contributed by atoms with Gasteiger partial charge in [0.1, 0.15) is 5.75 Å². The molecule has 2 aromatic rings. The smallest absolute Gasteiger partial charge is 0.250 e. The lowest BCUT2D eigenvalue weighted by molar-refractivity contribution is 0.317. The first-order chi connectivity index (χ1) is 16.5. The fraction of sp³-hybridized carbons (Fsp3) is 0.444. The van der Waals surface area contributed by atoms with Gasteiger partial charge < -0.3 is 28.6 Å². The summed E-state index contributed by atoms with van der Waals surface area (Å²) in [7, 11) is 4.32. The van der Waals surface area contributed by atoms with Crippen molar-refractivity contribution in [2.75, 3.05) is 28.4 Å². The summed E-state index contributed by atoms with van der Waals surface area (Å²) < 4.78 is 29.3. The van der Waals surface area contributed by atoms with E-state index in [9.17, 15) is 5.21 Å². The lowest BCUT2D eigenvalue weighted by Crippen LogP contribution is -2.43. The first kappa shape index (κ1) is 26.5. The third kappa shape index (κ3) is 5.12. The minimum absolute atomic E-state index is 0.0240. The molecule has 35 heavy (non-hydrogen) atoms. The Balaban J connectivity index is 2.27. The molecule has 7 nitrogen and oxygen atoms in total. The van der Waals surface area contributed by atoms with E-state index in [0.29, 0.717) is 47.3 Å². The standard InChI is InChI=1S/C27H37NO6Si/c1-27(2,3)35(8,9)34-23-14-17(10-13-22(23)30-4)20-15-18(28-29)11-12-19-21(20)16-24(31-5)26(33-7)25(19)32-6/h10,13-16,29H,11-12H2,1-9H3/b28-18+. The van der Waals surface area contributed by atoms with Crippen LogP contribution >= 0.6 is 0 Å². The molecule has 0 aromatic heterocycles. The van der Waals surface area contributed by atoms with Crippen molar-refractivity contribution < 1.29 is 28.6 Å². The molecule has 3 rings (SSSR count). The van der Waals surface area contributed by atoms with E-state index in [1.54, 1.807) is 28.4 Å². The van der Waals surface area contributed by atoms with Crippen LogP contribution in [0.2, 0.25) is 18.1 Å². The highest BCUT2D eigenvalue weighted by atomic mass is 28.4. The Bertz CT molecular complexity index is 1150. The van der Waals surface area contributed by atoms with E-state index in [1.165, 1.54) is 0 Å². The number of fused-ring (bicyclic) bond motifs is 1. The Morgan fingerprint density at radius 2 is 1.49 bits per heavy atom. The van der Waals surface area contributed by atoms with Crippen LogP contribution in [-0.4, -0.2) is 47.7 Å². The van der Waals surface area contributed by atoms with E-state index in [-0.39, 0.29) is 5.04 Å². The Kier molecular flexibility index (Phi) is 7.74. The minimum Gasteiger partial charge on any atom is -0.541 e. The van der Waals surface area contributed by atoms with Crippen LogP contribution in [0.5, 0.6) is 28.7 Å². The molecule has 1 N–H and O–H groups in total. The average molecular weight is 500 g/mol. The second-order valence-electron chi connectivity index (χ2n) is 10.0. The van der Waals surface area contributed by atoms with Crippen molar-refractivity contribution >= 4 is 19.6 Å². The fourth-order valence-electron chi connectivity index (χ4n) is 3.94. The zero-order valence-electron chi connectivity index (χ0n) is 22.2. The van der Waals surface area contributed by atoms with Crippen molar-refractivity contribution in [2.45, 2.75) is 51.7 Å². The summed E-state index contributed by atoms with van der Waals surface area (Å²) in [5, 5.41) is 13.3. The zero-order valence-corrected chi connectivity index (χ0v) is 23.2. The van der Waals surface area contributed by atoms with Crippen molar-refractivity contribution in [3.05, 3.63) is 47.0 Å². The van der Waals surface area contributed by atoms with Gasteiger partial charge in [0.2, 0.25) is 5.75 Å². The predicted molar refractivity (Wildman–Crippen MR) is 142 cm³/mol. The Morgan fingerprint density at radius 1 is 0.829 bits per heavy atom. The normalized spacial score (nSPS) is 15.1. The van der Waals surface area contributed by atoms with Gasteiger partial charge in [-0.2, -0.15) is 0 Å². The van der Waals surface area contributed by atoms with Gasteiger partial charge in [-0.1, -0.05) is 32.0 Å². The molecule has 8 heteroatoms. The van der Waals surface area contributed by atoms with Gasteiger partial charge in [0.15, 0.2) is 17.2 Å². The lowest BCUT2D eigenvalue weighted by atomic mass is 9.92. The van der Waals surface area contributed by atoms with Gasteiger partial charge in [-0.25, -0.2) is 0 Å². The predicted octanol–water partition coefficient (Wildman–Crippen LogP) is 6.31. The third-order valence-corrected chi connectivity index (χ3v) is 11.3. The highest BCUT2D eigenvalue weighted by molar-refractivity contribution is 6.74. The van der Waals surface area contributed by atoms with Gasteiger partial charge in [-0.3, -0.25) is 0 Å². The number of nitrogens with zero attached hydrogens (tertiary/aromatic N) is 1. The monoisotopic (exact) mass is 499 g/mol. The maximum absolute atomic E-state index is 9.69. The van der Waals surface area contributed by atoms with Crippen LogP contribution in [0, 0.1) is 0 Å². The summed E-state index contributed by atoms with van der Waals surface area (Å²) >= 11 is 0. The van der Waals surface area contributed by atoms with Crippen molar-refractivity contribution in [2.24, 2.45) is 5.16 Å². The van der Waals surface area contributed by atoms with Crippen molar-refractivity contribution in [1.82, 2.24) is 0 Å². The highest BCUT2D eigenvalue weighted by Gasteiger charge is 2.39. The maximum atomic E-state index is 9.69. The number of methoxy groups -OCH3 is 4. The second kappa shape index (κ2) is 10.2. The van der Waals surface area contributed by atoms with E-state index >= 15 is 0 Å². The molecule has 1 aliphatic rings. The molecule has 0 radical (unpaired) electrons. The highest BCUT2D eigenvalue weighted by Crippen LogP contribution is 2.47. The molecule has 0 fully saturated rings. The van der Waals surface area contributed by atoms with Gasteiger partial charge >= 0.3 is 0 Å². The second-order valence-corrected chi connectivity index (χ2v) is 14.8. The molecule has 0 unspecified atom stereocenters. The number of benzene rings is 2. The lowest BCUT2D eigenvalue weighted by Gasteiger charge is -2.37. The van der Waals surface area contributed by atoms with Crippen LogP contribution < -0.4 is 23.4 Å². The number of hydrogen-bond donors (Lipinski definition) is 1. The number of hydrogen-bond acceptors (Lipinski definition) is 7. The summed E-state index contributed by atoms with van der Waals surface area (Å²) in [6.07, 6.45) is 3.05. The quantitative estimate of drug-likeness (QED) is 0.273. The van der Waals surface area contributed by atoms with Crippen LogP contribution in [0.25, 0.3) is 5.57 Å². The molecule has 0 amide bonds. The van der Waals surface area contributed by atoms with Crippen LogP contribution in [-0.2, 0) is 6.42 Å². The summed E-state index contributed by atoms with van der Waals surface area (Å²) in [5.41, 5.74) is 4.21. The summed E-state index contributed by atoms with van der Waals surface area (Å²) in [6.45, 7) is 11.0. The molecule has 0 atom stereocenters. The number of ether oxygens (including phenoxy) is 4. The zero-order chi connectivity index (χ0) is 26.0. The topological polar surface area (TPSA) is 78.7 Å². The van der Waals surface area contributed by atoms with Gasteiger partial charge in [0.05, 0.1) is 34.2 Å². The van der Waals surface area contributed by atoms with Crippen LogP contribution in [0.1, 0.15) is 43.9 Å². The van der Waals surface area contributed by atoms with Crippen LogP contribution in [0.15, 0.2) is 35.5 Å². The van der Waals surface area contributed by atoms with E-state index in [4.69, 9.17) is 23.4 Å². The van der Waals surface area contributed by atoms with Gasteiger partial charge in [0, 0.05) is 5.56 Å². The summed E-state index contributed by atoms with van der Waals surface area (Å²) in [5.74, 6) is 3.07. The molecule has 1 aliphatic carbocycles. The number of allylic oxidation sites excluding steroid dienone is 1. The van der Waals surface area contributed by atoms with E-state index < -0.39 is 8.32 Å². The van der Waals surface area contributed by atoms with Crippen molar-refractivity contribution in [3.8, 4) is 28.7 Å². The number of rotatable bonds is 7. The van der Waals surface area contributed by atoms with Gasteiger partial charge in [0.25, 0.3) is 8.32 Å². The Morgan fingerprint density at radius 3 is 2.03 bits per heavy atom. The summed E-state index contributed by atoms with van der Waals surface area (Å²) in [6, 6.07) is 7.84. The fourth-order valence-corrected chi connectivity index (χ4v) is 4.96. The van der Waals surface area contributed by atoms with E-state index in [2.05, 4.69) is 39.0 Å². The molecular weight excluding hydrogens is 462 g/mol. The molecule has 190 valence electrons. The van der Waals surface area contributed by atoms with E-state index in [0.717, 1.165) is 22.3 Å². The van der Waals surface area contributed by atoms with Gasteiger partial charge in [-0.05, 0) is 71.9 Å². The molecule has 0 bridgehead atoms. The first-order valence-corrected chi connectivity index (χ1v) is 14.5. The molecule has 0 aliphatic heterocycles. The molecule has 2 aromatic carbocycles. The van der Waals surface area contributed by atoms with Crippen molar-refractivity contribution in [1.29, 1.82) is 0 Å². The van der Waals surface area contributed by atoms with Crippen LogP contribution in [0.4, 0.5) is 0 Å². The Labute approximate surface area is 209 Å². The molecule has 0 saturated carbocycles. The Hall–Kier alpha value is -3.13. The molecule has 0 heterocycles. The van der Waals surface area contributed by atoms with E-state index in [1.807, 2.05) is 30.3 Å². The van der Waals surface area contributed by atoms with Gasteiger partial charge in [-0.15, -0.1) is 0 Å². The summed E-state index contributed by atoms with van der Waals surface area (Å²) in [4.78, 5) is 0.